The van der Waals surface area contributed by atoms with Crippen molar-refractivity contribution in [2.45, 2.75) is 57.8 Å². The van der Waals surface area contributed by atoms with Crippen LogP contribution in [0, 0.1) is 0 Å². The van der Waals surface area contributed by atoms with Gasteiger partial charge in [0.05, 0.1) is 17.7 Å². The van der Waals surface area contributed by atoms with Crippen LogP contribution in [0.25, 0.3) is 0 Å². The highest BCUT2D eigenvalue weighted by Crippen LogP contribution is 2.38. The van der Waals surface area contributed by atoms with Crippen molar-refractivity contribution in [1.29, 1.82) is 0 Å². The third-order valence-electron chi connectivity index (χ3n) is 3.77. The zero-order valence-electron chi connectivity index (χ0n) is 12.2. The summed E-state index contributed by atoms with van der Waals surface area (Å²) in [6.07, 6.45) is 3.46. The minimum absolute atomic E-state index is 0.147. The van der Waals surface area contributed by atoms with Crippen LogP contribution in [-0.2, 0) is 4.74 Å². The van der Waals surface area contributed by atoms with E-state index in [1.54, 1.807) is 0 Å². The van der Waals surface area contributed by atoms with Crippen molar-refractivity contribution in [3.8, 4) is 5.75 Å². The predicted octanol–water partition coefficient (Wildman–Crippen LogP) is 3.43. The van der Waals surface area contributed by atoms with Crippen molar-refractivity contribution in [2.24, 2.45) is 5.73 Å². The molecular weight excluding hydrogens is 238 g/mol. The average Bonchev–Trinajstić information content (AvgIpc) is 2.39. The van der Waals surface area contributed by atoms with Gasteiger partial charge >= 0.3 is 0 Å². The first kappa shape index (κ1) is 14.4. The molecule has 0 aromatic heterocycles. The Balaban J connectivity index is 2.24. The van der Waals surface area contributed by atoms with Gasteiger partial charge in [-0.05, 0) is 46.1 Å². The van der Waals surface area contributed by atoms with E-state index in [4.69, 9.17) is 15.2 Å². The van der Waals surface area contributed by atoms with E-state index in [0.29, 0.717) is 0 Å². The predicted molar refractivity (Wildman–Crippen MR) is 77.3 cm³/mol. The van der Waals surface area contributed by atoms with Gasteiger partial charge in [0.1, 0.15) is 5.75 Å². The normalized spacial score (nSPS) is 25.3. The molecule has 3 heteroatoms. The van der Waals surface area contributed by atoms with Crippen LogP contribution in [0.5, 0.6) is 5.75 Å². The molecule has 1 saturated heterocycles. The fourth-order valence-corrected chi connectivity index (χ4v) is 2.63. The first-order chi connectivity index (χ1) is 9.03. The summed E-state index contributed by atoms with van der Waals surface area (Å²) in [6.45, 7) is 6.97. The van der Waals surface area contributed by atoms with Crippen LogP contribution in [-0.4, -0.2) is 18.3 Å². The lowest BCUT2D eigenvalue weighted by Gasteiger charge is -2.39. The molecule has 0 spiro atoms. The highest BCUT2D eigenvalue weighted by atomic mass is 16.5. The molecule has 0 aliphatic carbocycles. The van der Waals surface area contributed by atoms with Crippen molar-refractivity contribution < 1.29 is 9.47 Å². The van der Waals surface area contributed by atoms with Crippen LogP contribution in [0.3, 0.4) is 0 Å². The van der Waals surface area contributed by atoms with Crippen LogP contribution in [0.2, 0.25) is 0 Å². The number of hydrogen-bond donors (Lipinski definition) is 1. The maximum atomic E-state index is 6.48. The molecule has 1 aliphatic rings. The summed E-state index contributed by atoms with van der Waals surface area (Å²) in [6, 6.07) is 7.88. The lowest BCUT2D eigenvalue weighted by Crippen LogP contribution is -2.43. The Kier molecular flexibility index (Phi) is 4.48. The van der Waals surface area contributed by atoms with E-state index in [9.17, 15) is 0 Å². The Bertz CT molecular complexity index is 411. The Hall–Kier alpha value is -1.06. The van der Waals surface area contributed by atoms with Crippen molar-refractivity contribution in [2.75, 3.05) is 6.61 Å². The largest absolute Gasteiger partial charge is 0.491 e. The molecule has 2 N–H and O–H groups in total. The van der Waals surface area contributed by atoms with E-state index in [1.165, 1.54) is 6.42 Å². The third kappa shape index (κ3) is 3.28. The summed E-state index contributed by atoms with van der Waals surface area (Å²) in [5.74, 6) is 0.875. The second-order valence-electron chi connectivity index (χ2n) is 5.80. The molecule has 1 aromatic carbocycles. The molecule has 19 heavy (non-hydrogen) atoms. The van der Waals surface area contributed by atoms with Gasteiger partial charge in [0.15, 0.2) is 0 Å². The molecule has 0 amide bonds. The van der Waals surface area contributed by atoms with Crippen LogP contribution in [0.15, 0.2) is 24.3 Å². The Morgan fingerprint density at radius 2 is 2.00 bits per heavy atom. The van der Waals surface area contributed by atoms with Crippen LogP contribution in [0.4, 0.5) is 0 Å². The van der Waals surface area contributed by atoms with Crippen LogP contribution >= 0.6 is 0 Å². The van der Waals surface area contributed by atoms with Gasteiger partial charge in [-0.25, -0.2) is 0 Å². The number of rotatable bonds is 4. The molecule has 0 bridgehead atoms. The van der Waals surface area contributed by atoms with Gasteiger partial charge in [0, 0.05) is 12.2 Å². The van der Waals surface area contributed by atoms with Crippen molar-refractivity contribution in [1.82, 2.24) is 0 Å². The minimum atomic E-state index is -0.283. The third-order valence-corrected chi connectivity index (χ3v) is 3.77. The van der Waals surface area contributed by atoms with Crippen LogP contribution < -0.4 is 10.5 Å². The van der Waals surface area contributed by atoms with Crippen molar-refractivity contribution >= 4 is 0 Å². The van der Waals surface area contributed by atoms with E-state index in [1.807, 2.05) is 38.1 Å². The second-order valence-corrected chi connectivity index (χ2v) is 5.80. The van der Waals surface area contributed by atoms with Gasteiger partial charge < -0.3 is 15.2 Å². The van der Waals surface area contributed by atoms with E-state index >= 15 is 0 Å². The summed E-state index contributed by atoms with van der Waals surface area (Å²) < 4.78 is 11.8. The Morgan fingerprint density at radius 1 is 1.26 bits per heavy atom. The summed E-state index contributed by atoms with van der Waals surface area (Å²) in [7, 11) is 0. The highest BCUT2D eigenvalue weighted by molar-refractivity contribution is 5.37. The lowest BCUT2D eigenvalue weighted by atomic mass is 9.84. The number of nitrogens with two attached hydrogens (primary N) is 1. The first-order valence-corrected chi connectivity index (χ1v) is 7.18. The molecule has 3 nitrogen and oxygen atoms in total. The monoisotopic (exact) mass is 263 g/mol. The van der Waals surface area contributed by atoms with Gasteiger partial charge in [0.25, 0.3) is 0 Å². The Morgan fingerprint density at radius 3 is 2.63 bits per heavy atom. The molecule has 1 fully saturated rings. The zero-order valence-corrected chi connectivity index (χ0v) is 12.2. The minimum Gasteiger partial charge on any atom is -0.491 e. The molecule has 0 radical (unpaired) electrons. The summed E-state index contributed by atoms with van der Waals surface area (Å²) in [5, 5.41) is 0. The molecule has 2 atom stereocenters. The maximum absolute atomic E-state index is 6.48. The number of benzene rings is 1. The summed E-state index contributed by atoms with van der Waals surface area (Å²) in [5.41, 5.74) is 7.23. The maximum Gasteiger partial charge on any atom is 0.124 e. The standard InChI is InChI=1S/C16H25NO2/c1-12(2)19-14-9-5-4-8-13(14)15(17)16(3)10-6-7-11-18-16/h4-5,8-9,12,15H,6-7,10-11,17H2,1-3H3. The summed E-state index contributed by atoms with van der Waals surface area (Å²) in [4.78, 5) is 0. The smallest absolute Gasteiger partial charge is 0.124 e. The van der Waals surface area contributed by atoms with E-state index in [0.717, 1.165) is 30.8 Å². The van der Waals surface area contributed by atoms with Crippen molar-refractivity contribution in [3.63, 3.8) is 0 Å². The van der Waals surface area contributed by atoms with Gasteiger partial charge in [-0.2, -0.15) is 0 Å². The average molecular weight is 263 g/mol. The molecule has 106 valence electrons. The molecule has 0 saturated carbocycles. The highest BCUT2D eigenvalue weighted by Gasteiger charge is 2.36. The van der Waals surface area contributed by atoms with Gasteiger partial charge in [-0.15, -0.1) is 0 Å². The van der Waals surface area contributed by atoms with Gasteiger partial charge in [0.2, 0.25) is 0 Å². The molecule has 2 unspecified atom stereocenters. The lowest BCUT2D eigenvalue weighted by molar-refractivity contribution is -0.0825. The first-order valence-electron chi connectivity index (χ1n) is 7.18. The zero-order chi connectivity index (χ0) is 13.9. The van der Waals surface area contributed by atoms with Gasteiger partial charge in [-0.1, -0.05) is 18.2 Å². The fourth-order valence-electron chi connectivity index (χ4n) is 2.63. The molecule has 1 heterocycles. The van der Waals surface area contributed by atoms with E-state index in [2.05, 4.69) is 6.92 Å². The molecule has 1 aromatic rings. The second kappa shape index (κ2) is 5.93. The molecule has 1 aliphatic heterocycles. The Labute approximate surface area is 116 Å². The van der Waals surface area contributed by atoms with E-state index in [-0.39, 0.29) is 17.7 Å². The topological polar surface area (TPSA) is 44.5 Å². The fraction of sp³-hybridized carbons (Fsp3) is 0.625. The molecule has 2 rings (SSSR count). The van der Waals surface area contributed by atoms with E-state index < -0.39 is 0 Å². The van der Waals surface area contributed by atoms with Crippen LogP contribution in [0.1, 0.15) is 51.6 Å². The molecular formula is C16H25NO2. The van der Waals surface area contributed by atoms with Crippen molar-refractivity contribution in [3.05, 3.63) is 29.8 Å². The number of para-hydroxylation sites is 1. The SMILES string of the molecule is CC(C)Oc1ccccc1C(N)C1(C)CCCCO1. The number of hydrogen-bond acceptors (Lipinski definition) is 3. The number of ether oxygens (including phenoxy) is 2. The van der Waals surface area contributed by atoms with Gasteiger partial charge in [-0.3, -0.25) is 0 Å². The summed E-state index contributed by atoms with van der Waals surface area (Å²) >= 11 is 0. The quantitative estimate of drug-likeness (QED) is 0.905.